The highest BCUT2D eigenvalue weighted by atomic mass is 14.1. The van der Waals surface area contributed by atoms with Gasteiger partial charge in [-0.1, -0.05) is 97.1 Å². The van der Waals surface area contributed by atoms with Crippen LogP contribution in [0, 0.1) is 0 Å². The number of hydrogen-bond acceptors (Lipinski definition) is 0. The molecule has 0 saturated carbocycles. The lowest BCUT2D eigenvalue weighted by molar-refractivity contribution is 1.29. The van der Waals surface area contributed by atoms with Crippen molar-refractivity contribution in [2.24, 2.45) is 0 Å². The SMILES string of the molecule is C(=C(Cc1ccccc1)c1ccccc1)c1ccccc1. The molecule has 0 spiro atoms. The monoisotopic (exact) mass is 270 g/mol. The Hall–Kier alpha value is -2.60. The summed E-state index contributed by atoms with van der Waals surface area (Å²) >= 11 is 0. The van der Waals surface area contributed by atoms with Crippen molar-refractivity contribution in [2.45, 2.75) is 6.42 Å². The quantitative estimate of drug-likeness (QED) is 0.551. The van der Waals surface area contributed by atoms with Crippen LogP contribution in [0.15, 0.2) is 91.0 Å². The van der Waals surface area contributed by atoms with Gasteiger partial charge >= 0.3 is 0 Å². The van der Waals surface area contributed by atoms with Gasteiger partial charge in [0.15, 0.2) is 0 Å². The van der Waals surface area contributed by atoms with Gasteiger partial charge in [-0.05, 0) is 28.7 Å². The van der Waals surface area contributed by atoms with Crippen LogP contribution in [0.2, 0.25) is 0 Å². The zero-order chi connectivity index (χ0) is 14.3. The lowest BCUT2D eigenvalue weighted by Gasteiger charge is -2.09. The molecule has 0 nitrogen and oxygen atoms in total. The Morgan fingerprint density at radius 2 is 1.14 bits per heavy atom. The molecule has 0 aliphatic heterocycles. The Morgan fingerprint density at radius 1 is 0.619 bits per heavy atom. The van der Waals surface area contributed by atoms with Crippen molar-refractivity contribution in [2.75, 3.05) is 0 Å². The second kappa shape index (κ2) is 6.71. The smallest absolute Gasteiger partial charge is 0.00196 e. The summed E-state index contributed by atoms with van der Waals surface area (Å²) in [6.45, 7) is 0. The molecule has 0 aliphatic carbocycles. The highest BCUT2D eigenvalue weighted by Gasteiger charge is 2.03. The molecule has 0 heterocycles. The van der Waals surface area contributed by atoms with E-state index in [2.05, 4.69) is 97.1 Å². The topological polar surface area (TPSA) is 0 Å². The van der Waals surface area contributed by atoms with Gasteiger partial charge in [0.2, 0.25) is 0 Å². The highest BCUT2D eigenvalue weighted by Crippen LogP contribution is 2.22. The maximum Gasteiger partial charge on any atom is -0.00196 e. The van der Waals surface area contributed by atoms with Crippen LogP contribution in [0.4, 0.5) is 0 Å². The molecule has 0 atom stereocenters. The van der Waals surface area contributed by atoms with Crippen LogP contribution in [0.3, 0.4) is 0 Å². The van der Waals surface area contributed by atoms with E-state index < -0.39 is 0 Å². The summed E-state index contributed by atoms with van der Waals surface area (Å²) in [4.78, 5) is 0. The first-order chi connectivity index (χ1) is 10.4. The van der Waals surface area contributed by atoms with E-state index in [1.165, 1.54) is 22.3 Å². The van der Waals surface area contributed by atoms with Crippen LogP contribution in [0.5, 0.6) is 0 Å². The van der Waals surface area contributed by atoms with Gasteiger partial charge in [-0.25, -0.2) is 0 Å². The third kappa shape index (κ3) is 3.70. The molecular formula is C21H18. The van der Waals surface area contributed by atoms with Crippen molar-refractivity contribution >= 4 is 11.6 Å². The lowest BCUT2D eigenvalue weighted by Crippen LogP contribution is -1.91. The molecular weight excluding hydrogens is 252 g/mol. The van der Waals surface area contributed by atoms with E-state index in [9.17, 15) is 0 Å². The molecule has 3 aromatic carbocycles. The van der Waals surface area contributed by atoms with Crippen LogP contribution in [-0.4, -0.2) is 0 Å². The molecule has 0 aliphatic rings. The third-order valence-electron chi connectivity index (χ3n) is 3.52. The molecule has 0 aromatic heterocycles. The second-order valence-corrected chi connectivity index (χ2v) is 5.11. The Balaban J connectivity index is 1.97. The highest BCUT2D eigenvalue weighted by molar-refractivity contribution is 5.82. The molecule has 0 radical (unpaired) electrons. The molecule has 0 amide bonds. The zero-order valence-corrected chi connectivity index (χ0v) is 11.9. The van der Waals surface area contributed by atoms with Gasteiger partial charge < -0.3 is 0 Å². The van der Waals surface area contributed by atoms with E-state index in [4.69, 9.17) is 0 Å². The van der Waals surface area contributed by atoms with E-state index in [1.54, 1.807) is 0 Å². The van der Waals surface area contributed by atoms with Gasteiger partial charge in [-0.2, -0.15) is 0 Å². The standard InChI is InChI=1S/C21H18/c1-4-10-18(11-5-1)16-21(20-14-8-3-9-15-20)17-19-12-6-2-7-13-19/h1-16H,17H2. The van der Waals surface area contributed by atoms with Gasteiger partial charge in [-0.3, -0.25) is 0 Å². The molecule has 0 unspecified atom stereocenters. The van der Waals surface area contributed by atoms with Crippen molar-refractivity contribution in [3.8, 4) is 0 Å². The fourth-order valence-electron chi connectivity index (χ4n) is 2.45. The van der Waals surface area contributed by atoms with Crippen molar-refractivity contribution in [3.63, 3.8) is 0 Å². The maximum atomic E-state index is 2.28. The third-order valence-corrected chi connectivity index (χ3v) is 3.52. The minimum atomic E-state index is 0.944. The molecule has 0 saturated heterocycles. The predicted molar refractivity (Wildman–Crippen MR) is 90.9 cm³/mol. The number of allylic oxidation sites excluding steroid dienone is 1. The van der Waals surface area contributed by atoms with Crippen LogP contribution in [-0.2, 0) is 6.42 Å². The average molecular weight is 270 g/mol. The molecule has 3 aromatic rings. The van der Waals surface area contributed by atoms with E-state index in [1.807, 2.05) is 0 Å². The fraction of sp³-hybridized carbons (Fsp3) is 0.0476. The second-order valence-electron chi connectivity index (χ2n) is 5.11. The van der Waals surface area contributed by atoms with Gasteiger partial charge in [0, 0.05) is 0 Å². The Labute approximate surface area is 126 Å². The molecule has 0 heteroatoms. The van der Waals surface area contributed by atoms with Crippen LogP contribution < -0.4 is 0 Å². The first-order valence-electron chi connectivity index (χ1n) is 7.27. The predicted octanol–water partition coefficient (Wildman–Crippen LogP) is 5.47. The number of rotatable bonds is 4. The molecule has 3 rings (SSSR count). The lowest BCUT2D eigenvalue weighted by atomic mass is 9.96. The van der Waals surface area contributed by atoms with Gasteiger partial charge in [-0.15, -0.1) is 0 Å². The Bertz CT molecular complexity index is 695. The maximum absolute atomic E-state index is 2.28. The van der Waals surface area contributed by atoms with Crippen LogP contribution in [0.25, 0.3) is 11.6 Å². The Kier molecular flexibility index (Phi) is 4.28. The first-order valence-corrected chi connectivity index (χ1v) is 7.27. The largest absolute Gasteiger partial charge is 0.0622 e. The summed E-state index contributed by atoms with van der Waals surface area (Å²) in [6.07, 6.45) is 3.22. The van der Waals surface area contributed by atoms with Crippen molar-refractivity contribution in [3.05, 3.63) is 108 Å². The van der Waals surface area contributed by atoms with Gasteiger partial charge in [0.25, 0.3) is 0 Å². The minimum absolute atomic E-state index is 0.944. The summed E-state index contributed by atoms with van der Waals surface area (Å²) in [5.74, 6) is 0. The average Bonchev–Trinajstić information content (AvgIpc) is 2.57. The summed E-state index contributed by atoms with van der Waals surface area (Å²) in [5, 5.41) is 0. The molecule has 0 N–H and O–H groups in total. The van der Waals surface area contributed by atoms with Gasteiger partial charge in [0.1, 0.15) is 0 Å². The molecule has 0 bridgehead atoms. The molecule has 21 heavy (non-hydrogen) atoms. The fourth-order valence-corrected chi connectivity index (χ4v) is 2.45. The summed E-state index contributed by atoms with van der Waals surface area (Å²) < 4.78 is 0. The van der Waals surface area contributed by atoms with E-state index in [0.29, 0.717) is 0 Å². The molecule has 0 fully saturated rings. The van der Waals surface area contributed by atoms with Crippen molar-refractivity contribution < 1.29 is 0 Å². The normalized spacial score (nSPS) is 11.3. The summed E-state index contributed by atoms with van der Waals surface area (Å²) in [6, 6.07) is 31.7. The van der Waals surface area contributed by atoms with E-state index in [0.717, 1.165) is 6.42 Å². The van der Waals surface area contributed by atoms with Gasteiger partial charge in [0.05, 0.1) is 0 Å². The van der Waals surface area contributed by atoms with E-state index in [-0.39, 0.29) is 0 Å². The molecule has 102 valence electrons. The summed E-state index contributed by atoms with van der Waals surface area (Å²) in [5.41, 5.74) is 5.20. The van der Waals surface area contributed by atoms with E-state index >= 15 is 0 Å². The van der Waals surface area contributed by atoms with Crippen LogP contribution in [0.1, 0.15) is 16.7 Å². The minimum Gasteiger partial charge on any atom is -0.0622 e. The zero-order valence-electron chi connectivity index (χ0n) is 11.9. The number of hydrogen-bond donors (Lipinski definition) is 0. The Morgan fingerprint density at radius 3 is 1.76 bits per heavy atom. The van der Waals surface area contributed by atoms with Crippen molar-refractivity contribution in [1.29, 1.82) is 0 Å². The van der Waals surface area contributed by atoms with Crippen LogP contribution >= 0.6 is 0 Å². The summed E-state index contributed by atoms with van der Waals surface area (Å²) in [7, 11) is 0. The number of benzene rings is 3. The van der Waals surface area contributed by atoms with Crippen molar-refractivity contribution in [1.82, 2.24) is 0 Å². The first kappa shape index (κ1) is 13.4.